The van der Waals surface area contributed by atoms with Gasteiger partial charge in [0.25, 0.3) is 0 Å². The lowest BCUT2D eigenvalue weighted by atomic mass is 10.1. The van der Waals surface area contributed by atoms with Crippen molar-refractivity contribution in [1.29, 1.82) is 0 Å². The average Bonchev–Trinajstić information content (AvgIpc) is 3.09. The molecule has 3 rings (SSSR count). The van der Waals surface area contributed by atoms with Crippen LogP contribution in [-0.4, -0.2) is 23.8 Å². The Balaban J connectivity index is 1.65. The Morgan fingerprint density at radius 3 is 2.83 bits per heavy atom. The Labute approximate surface area is 111 Å². The third-order valence-electron chi connectivity index (χ3n) is 3.41. The Morgan fingerprint density at radius 1 is 1.22 bits per heavy atom. The monoisotopic (exact) mass is 259 g/mol. The Bertz CT molecular complexity index is 509. The molecule has 1 N–H and O–H groups in total. The van der Waals surface area contributed by atoms with Gasteiger partial charge in [-0.3, -0.25) is 0 Å². The molecule has 2 aromatic rings. The minimum atomic E-state index is 0.605. The lowest BCUT2D eigenvalue weighted by molar-refractivity contribution is 0.776. The van der Waals surface area contributed by atoms with Gasteiger partial charge in [-0.2, -0.15) is 0 Å². The van der Waals surface area contributed by atoms with Gasteiger partial charge in [-0.15, -0.1) is 21.5 Å². The minimum Gasteiger partial charge on any atom is -0.319 e. The number of nitrogens with one attached hydrogen (secondary N) is 1. The second kappa shape index (κ2) is 5.16. The summed E-state index contributed by atoms with van der Waals surface area (Å²) in [6.45, 7) is 0.974. The topological polar surface area (TPSA) is 37.8 Å². The van der Waals surface area contributed by atoms with Crippen LogP contribution in [0.4, 0.5) is 0 Å². The summed E-state index contributed by atoms with van der Waals surface area (Å²) >= 11 is 1.78. The van der Waals surface area contributed by atoms with E-state index in [4.69, 9.17) is 0 Å². The zero-order chi connectivity index (χ0) is 12.4. The van der Waals surface area contributed by atoms with Crippen LogP contribution in [-0.2, 0) is 6.42 Å². The smallest absolute Gasteiger partial charge is 0.121 e. The van der Waals surface area contributed by atoms with Gasteiger partial charge in [0.15, 0.2) is 0 Å². The third kappa shape index (κ3) is 2.44. The molecule has 0 saturated heterocycles. The van der Waals surface area contributed by atoms with Gasteiger partial charge in [-0.25, -0.2) is 0 Å². The predicted octanol–water partition coefficient (Wildman–Crippen LogP) is 2.57. The van der Waals surface area contributed by atoms with Crippen molar-refractivity contribution in [2.45, 2.75) is 24.7 Å². The SMILES string of the molecule is CNCCc1nnc(C2CC2c2ccccc2)s1. The van der Waals surface area contributed by atoms with E-state index in [1.807, 2.05) is 7.05 Å². The van der Waals surface area contributed by atoms with Crippen molar-refractivity contribution >= 4 is 11.3 Å². The maximum absolute atomic E-state index is 4.35. The van der Waals surface area contributed by atoms with Gasteiger partial charge < -0.3 is 5.32 Å². The van der Waals surface area contributed by atoms with Crippen LogP contribution in [0.5, 0.6) is 0 Å². The Hall–Kier alpha value is -1.26. The molecule has 0 aliphatic heterocycles. The molecule has 0 amide bonds. The van der Waals surface area contributed by atoms with Crippen LogP contribution in [0, 0.1) is 0 Å². The third-order valence-corrected chi connectivity index (χ3v) is 4.52. The van der Waals surface area contributed by atoms with E-state index < -0.39 is 0 Å². The summed E-state index contributed by atoms with van der Waals surface area (Å²) < 4.78 is 0. The highest BCUT2D eigenvalue weighted by Gasteiger charge is 2.41. The summed E-state index contributed by atoms with van der Waals surface area (Å²) in [5.41, 5.74) is 1.44. The first-order valence-electron chi connectivity index (χ1n) is 6.40. The Morgan fingerprint density at radius 2 is 2.06 bits per heavy atom. The molecule has 18 heavy (non-hydrogen) atoms. The van der Waals surface area contributed by atoms with Crippen LogP contribution in [0.1, 0.15) is 33.8 Å². The summed E-state index contributed by atoms with van der Waals surface area (Å²) in [6, 6.07) is 10.7. The van der Waals surface area contributed by atoms with E-state index in [0.717, 1.165) is 18.0 Å². The fraction of sp³-hybridized carbons (Fsp3) is 0.429. The molecule has 1 aliphatic carbocycles. The molecule has 2 unspecified atom stereocenters. The Kier molecular flexibility index (Phi) is 3.39. The van der Waals surface area contributed by atoms with E-state index >= 15 is 0 Å². The molecular weight excluding hydrogens is 242 g/mol. The van der Waals surface area contributed by atoms with E-state index in [9.17, 15) is 0 Å². The van der Waals surface area contributed by atoms with Gasteiger partial charge in [-0.05, 0) is 24.9 Å². The summed E-state index contributed by atoms with van der Waals surface area (Å²) in [5.74, 6) is 1.27. The molecule has 1 fully saturated rings. The van der Waals surface area contributed by atoms with Crippen molar-refractivity contribution in [3.8, 4) is 0 Å². The van der Waals surface area contributed by atoms with Crippen LogP contribution in [0.2, 0.25) is 0 Å². The summed E-state index contributed by atoms with van der Waals surface area (Å²) in [6.07, 6.45) is 2.21. The highest BCUT2D eigenvalue weighted by atomic mass is 32.1. The molecule has 0 spiro atoms. The molecule has 1 aliphatic rings. The second-order valence-electron chi connectivity index (χ2n) is 4.75. The summed E-state index contributed by atoms with van der Waals surface area (Å²) in [4.78, 5) is 0. The first kappa shape index (κ1) is 11.8. The molecule has 94 valence electrons. The molecule has 1 heterocycles. The van der Waals surface area contributed by atoms with E-state index in [1.165, 1.54) is 17.0 Å². The van der Waals surface area contributed by atoms with Crippen LogP contribution < -0.4 is 5.32 Å². The van der Waals surface area contributed by atoms with Crippen LogP contribution in [0.15, 0.2) is 30.3 Å². The molecule has 2 atom stereocenters. The summed E-state index contributed by atoms with van der Waals surface area (Å²) in [5, 5.41) is 14.1. The number of likely N-dealkylation sites (N-methyl/N-ethyl adjacent to an activating group) is 1. The zero-order valence-corrected chi connectivity index (χ0v) is 11.3. The van der Waals surface area contributed by atoms with Crippen molar-refractivity contribution in [3.05, 3.63) is 45.9 Å². The minimum absolute atomic E-state index is 0.605. The highest BCUT2D eigenvalue weighted by molar-refractivity contribution is 7.11. The van der Waals surface area contributed by atoms with Crippen molar-refractivity contribution in [3.63, 3.8) is 0 Å². The van der Waals surface area contributed by atoms with E-state index in [-0.39, 0.29) is 0 Å². The lowest BCUT2D eigenvalue weighted by Gasteiger charge is -1.96. The van der Waals surface area contributed by atoms with Crippen molar-refractivity contribution < 1.29 is 0 Å². The molecule has 1 aromatic heterocycles. The lowest BCUT2D eigenvalue weighted by Crippen LogP contribution is -2.09. The molecule has 1 aromatic carbocycles. The molecule has 3 nitrogen and oxygen atoms in total. The van der Waals surface area contributed by atoms with Crippen molar-refractivity contribution in [1.82, 2.24) is 15.5 Å². The standard InChI is InChI=1S/C14H17N3S/c1-15-8-7-13-16-17-14(18-13)12-9-11(12)10-5-3-2-4-6-10/h2-6,11-12,15H,7-9H2,1H3. The van der Waals surface area contributed by atoms with Crippen molar-refractivity contribution in [2.24, 2.45) is 0 Å². The molecule has 0 radical (unpaired) electrons. The van der Waals surface area contributed by atoms with Crippen LogP contribution in [0.3, 0.4) is 0 Å². The van der Waals surface area contributed by atoms with E-state index in [0.29, 0.717) is 11.8 Å². The summed E-state index contributed by atoms with van der Waals surface area (Å²) in [7, 11) is 1.97. The fourth-order valence-corrected chi connectivity index (χ4v) is 3.31. The van der Waals surface area contributed by atoms with Gasteiger partial charge in [-0.1, -0.05) is 30.3 Å². The van der Waals surface area contributed by atoms with Gasteiger partial charge in [0, 0.05) is 18.9 Å². The van der Waals surface area contributed by atoms with Crippen LogP contribution in [0.25, 0.3) is 0 Å². The van der Waals surface area contributed by atoms with Gasteiger partial charge in [0.2, 0.25) is 0 Å². The molecule has 0 bridgehead atoms. The normalized spacial score (nSPS) is 22.1. The molecule has 1 saturated carbocycles. The highest BCUT2D eigenvalue weighted by Crippen LogP contribution is 2.55. The zero-order valence-electron chi connectivity index (χ0n) is 10.5. The van der Waals surface area contributed by atoms with E-state index in [1.54, 1.807) is 11.3 Å². The fourth-order valence-electron chi connectivity index (χ4n) is 2.29. The maximum atomic E-state index is 4.35. The number of nitrogens with zero attached hydrogens (tertiary/aromatic N) is 2. The number of hydrogen-bond donors (Lipinski definition) is 1. The molecular formula is C14H17N3S. The largest absolute Gasteiger partial charge is 0.319 e. The van der Waals surface area contributed by atoms with Crippen molar-refractivity contribution in [2.75, 3.05) is 13.6 Å². The molecule has 4 heteroatoms. The first-order valence-corrected chi connectivity index (χ1v) is 7.22. The van der Waals surface area contributed by atoms with E-state index in [2.05, 4.69) is 45.8 Å². The second-order valence-corrected chi connectivity index (χ2v) is 5.84. The quantitative estimate of drug-likeness (QED) is 0.897. The number of hydrogen-bond acceptors (Lipinski definition) is 4. The number of benzene rings is 1. The number of rotatable bonds is 5. The van der Waals surface area contributed by atoms with Gasteiger partial charge >= 0.3 is 0 Å². The van der Waals surface area contributed by atoms with Gasteiger partial charge in [0.05, 0.1) is 0 Å². The number of aromatic nitrogens is 2. The predicted molar refractivity (Wildman–Crippen MR) is 74.1 cm³/mol. The maximum Gasteiger partial charge on any atom is 0.121 e. The van der Waals surface area contributed by atoms with Crippen LogP contribution >= 0.6 is 11.3 Å². The first-order chi connectivity index (χ1) is 8.88. The van der Waals surface area contributed by atoms with Gasteiger partial charge in [0.1, 0.15) is 10.0 Å². The average molecular weight is 259 g/mol.